The van der Waals surface area contributed by atoms with E-state index in [9.17, 15) is 9.59 Å². The van der Waals surface area contributed by atoms with Crippen LogP contribution in [0.4, 0.5) is 0 Å². The first-order valence-electron chi connectivity index (χ1n) is 3.01. The molecule has 10 heavy (non-hydrogen) atoms. The van der Waals surface area contributed by atoms with E-state index in [0.29, 0.717) is 0 Å². The largest absolute Gasteiger partial charge is 0.339 e. The lowest BCUT2D eigenvalue weighted by Crippen LogP contribution is -2.45. The van der Waals surface area contributed by atoms with Gasteiger partial charge in [-0.25, -0.2) is 4.99 Å². The minimum atomic E-state index is -0.462. The Morgan fingerprint density at radius 2 is 2.10 bits per heavy atom. The van der Waals surface area contributed by atoms with Crippen LogP contribution < -0.4 is 5.32 Å². The number of rotatable bonds is 0. The van der Waals surface area contributed by atoms with Gasteiger partial charge in [0.15, 0.2) is 0 Å². The van der Waals surface area contributed by atoms with Gasteiger partial charge in [0.1, 0.15) is 11.8 Å². The van der Waals surface area contributed by atoms with Gasteiger partial charge >= 0.3 is 0 Å². The molecular weight excluding hydrogens is 132 g/mol. The van der Waals surface area contributed by atoms with E-state index in [1.165, 1.54) is 6.92 Å². The molecule has 0 bridgehead atoms. The molecule has 2 amide bonds. The average Bonchev–Trinajstić information content (AvgIpc) is 1.84. The van der Waals surface area contributed by atoms with E-state index >= 15 is 0 Å². The molecule has 4 heteroatoms. The Balaban J connectivity index is 2.90. The molecule has 0 aromatic carbocycles. The van der Waals surface area contributed by atoms with Gasteiger partial charge in [0.05, 0.1) is 0 Å². The van der Waals surface area contributed by atoms with Crippen LogP contribution in [0.5, 0.6) is 0 Å². The van der Waals surface area contributed by atoms with E-state index in [2.05, 4.69) is 10.3 Å². The van der Waals surface area contributed by atoms with Crippen molar-refractivity contribution < 1.29 is 9.59 Å². The molecule has 0 saturated carbocycles. The van der Waals surface area contributed by atoms with Crippen LogP contribution in [0.15, 0.2) is 4.99 Å². The van der Waals surface area contributed by atoms with Crippen molar-refractivity contribution in [1.82, 2.24) is 5.32 Å². The van der Waals surface area contributed by atoms with Crippen molar-refractivity contribution in [3.63, 3.8) is 0 Å². The van der Waals surface area contributed by atoms with Crippen LogP contribution in [-0.2, 0) is 9.59 Å². The molecule has 54 valence electrons. The molecule has 1 aliphatic rings. The SMILES string of the molecule is CC1=NC(=O)C(C)NC1=O. The second-order valence-corrected chi connectivity index (χ2v) is 2.23. The van der Waals surface area contributed by atoms with E-state index in [1.54, 1.807) is 6.92 Å². The van der Waals surface area contributed by atoms with Gasteiger partial charge < -0.3 is 5.32 Å². The van der Waals surface area contributed by atoms with Crippen molar-refractivity contribution in [3.8, 4) is 0 Å². The molecule has 0 spiro atoms. The summed E-state index contributed by atoms with van der Waals surface area (Å²) in [5.41, 5.74) is 0.239. The van der Waals surface area contributed by atoms with Crippen molar-refractivity contribution in [1.29, 1.82) is 0 Å². The molecular formula is C6H8N2O2. The van der Waals surface area contributed by atoms with Crippen molar-refractivity contribution >= 4 is 17.5 Å². The predicted molar refractivity (Wildman–Crippen MR) is 35.7 cm³/mol. The molecule has 0 radical (unpaired) electrons. The minimum Gasteiger partial charge on any atom is -0.339 e. The molecule has 1 aliphatic heterocycles. The Morgan fingerprint density at radius 1 is 1.50 bits per heavy atom. The lowest BCUT2D eigenvalue weighted by molar-refractivity contribution is -0.125. The zero-order valence-corrected chi connectivity index (χ0v) is 5.84. The molecule has 1 heterocycles. The van der Waals surface area contributed by atoms with Gasteiger partial charge in [-0.05, 0) is 13.8 Å². The van der Waals surface area contributed by atoms with E-state index < -0.39 is 6.04 Å². The van der Waals surface area contributed by atoms with E-state index in [0.717, 1.165) is 0 Å². The van der Waals surface area contributed by atoms with Crippen molar-refractivity contribution in [2.24, 2.45) is 4.99 Å². The molecule has 0 aliphatic carbocycles. The normalized spacial score (nSPS) is 25.8. The predicted octanol–water partition coefficient (Wildman–Crippen LogP) is -0.508. The number of hydrogen-bond acceptors (Lipinski definition) is 2. The first-order chi connectivity index (χ1) is 4.61. The van der Waals surface area contributed by atoms with E-state index in [1.807, 2.05) is 0 Å². The highest BCUT2D eigenvalue weighted by Gasteiger charge is 2.22. The summed E-state index contributed by atoms with van der Waals surface area (Å²) in [6, 6.07) is -0.462. The van der Waals surface area contributed by atoms with Crippen molar-refractivity contribution in [3.05, 3.63) is 0 Å². The highest BCUT2D eigenvalue weighted by molar-refractivity contribution is 6.41. The van der Waals surface area contributed by atoms with Crippen LogP contribution in [0.2, 0.25) is 0 Å². The Morgan fingerprint density at radius 3 is 2.60 bits per heavy atom. The van der Waals surface area contributed by atoms with Crippen LogP contribution in [0.3, 0.4) is 0 Å². The third-order valence-electron chi connectivity index (χ3n) is 1.32. The summed E-state index contributed by atoms with van der Waals surface area (Å²) >= 11 is 0. The van der Waals surface area contributed by atoms with Crippen molar-refractivity contribution in [2.45, 2.75) is 19.9 Å². The van der Waals surface area contributed by atoms with Crippen LogP contribution in [0.25, 0.3) is 0 Å². The Hall–Kier alpha value is -1.19. The maximum atomic E-state index is 10.8. The van der Waals surface area contributed by atoms with Gasteiger partial charge in [0.2, 0.25) is 0 Å². The van der Waals surface area contributed by atoms with E-state index in [4.69, 9.17) is 0 Å². The molecule has 0 fully saturated rings. The van der Waals surface area contributed by atoms with Gasteiger partial charge in [0, 0.05) is 0 Å². The zero-order valence-electron chi connectivity index (χ0n) is 5.84. The average molecular weight is 140 g/mol. The fraction of sp³-hybridized carbons (Fsp3) is 0.500. The quantitative estimate of drug-likeness (QED) is 0.492. The van der Waals surface area contributed by atoms with Crippen LogP contribution in [-0.4, -0.2) is 23.6 Å². The standard InChI is InChI=1S/C6H8N2O2/c1-3-5(9)8-4(2)6(10)7-3/h3H,1-2H3,(H,7,10). The first-order valence-corrected chi connectivity index (χ1v) is 3.01. The topological polar surface area (TPSA) is 58.5 Å². The van der Waals surface area contributed by atoms with Gasteiger partial charge in [-0.3, -0.25) is 9.59 Å². The molecule has 1 rings (SSSR count). The number of carbonyl (C=O) groups excluding carboxylic acids is 2. The third kappa shape index (κ3) is 1.05. The van der Waals surface area contributed by atoms with Crippen LogP contribution >= 0.6 is 0 Å². The van der Waals surface area contributed by atoms with Crippen LogP contribution in [0, 0.1) is 0 Å². The molecule has 0 aromatic rings. The van der Waals surface area contributed by atoms with Gasteiger partial charge in [-0.1, -0.05) is 0 Å². The van der Waals surface area contributed by atoms with Gasteiger partial charge in [0.25, 0.3) is 11.8 Å². The third-order valence-corrected chi connectivity index (χ3v) is 1.32. The highest BCUT2D eigenvalue weighted by Crippen LogP contribution is 1.95. The molecule has 0 aromatic heterocycles. The summed E-state index contributed by atoms with van der Waals surface area (Å²) in [5.74, 6) is -0.538. The number of nitrogens with one attached hydrogen (secondary N) is 1. The highest BCUT2D eigenvalue weighted by atomic mass is 16.2. The van der Waals surface area contributed by atoms with Crippen molar-refractivity contribution in [2.75, 3.05) is 0 Å². The molecule has 0 saturated heterocycles. The number of nitrogens with zero attached hydrogens (tertiary/aromatic N) is 1. The summed E-state index contributed by atoms with van der Waals surface area (Å²) in [5, 5.41) is 2.46. The lowest BCUT2D eigenvalue weighted by atomic mass is 10.2. The first kappa shape index (κ1) is 6.92. The van der Waals surface area contributed by atoms with Gasteiger partial charge in [-0.15, -0.1) is 0 Å². The zero-order chi connectivity index (χ0) is 7.72. The maximum absolute atomic E-state index is 10.8. The number of carbonyl (C=O) groups is 2. The fourth-order valence-electron chi connectivity index (χ4n) is 0.676. The summed E-state index contributed by atoms with van der Waals surface area (Å²) in [7, 11) is 0. The van der Waals surface area contributed by atoms with Crippen LogP contribution in [0.1, 0.15) is 13.8 Å². The Kier molecular flexibility index (Phi) is 1.53. The minimum absolute atomic E-state index is 0.239. The summed E-state index contributed by atoms with van der Waals surface area (Å²) in [6.07, 6.45) is 0. The molecule has 1 N–H and O–H groups in total. The second-order valence-electron chi connectivity index (χ2n) is 2.23. The lowest BCUT2D eigenvalue weighted by Gasteiger charge is -2.14. The smallest absolute Gasteiger partial charge is 0.268 e. The number of aliphatic imine (C=N–C) groups is 1. The van der Waals surface area contributed by atoms with Gasteiger partial charge in [-0.2, -0.15) is 0 Å². The molecule has 4 nitrogen and oxygen atoms in total. The fourth-order valence-corrected chi connectivity index (χ4v) is 0.676. The molecule has 1 unspecified atom stereocenters. The number of hydrogen-bond donors (Lipinski definition) is 1. The number of amides is 2. The van der Waals surface area contributed by atoms with E-state index in [-0.39, 0.29) is 17.5 Å². The summed E-state index contributed by atoms with van der Waals surface area (Å²) in [6.45, 7) is 3.12. The Labute approximate surface area is 58.3 Å². The molecule has 1 atom stereocenters. The monoisotopic (exact) mass is 140 g/mol. The second kappa shape index (κ2) is 2.21. The maximum Gasteiger partial charge on any atom is 0.268 e. The summed E-state index contributed by atoms with van der Waals surface area (Å²) in [4.78, 5) is 25.0. The summed E-state index contributed by atoms with van der Waals surface area (Å²) < 4.78 is 0. The Bertz CT molecular complexity index is 220.